The van der Waals surface area contributed by atoms with Gasteiger partial charge < -0.3 is 10.4 Å². The van der Waals surface area contributed by atoms with Gasteiger partial charge in [-0.25, -0.2) is 4.39 Å². The molecule has 1 aromatic rings. The number of halogens is 2. The maximum absolute atomic E-state index is 13.5. The van der Waals surface area contributed by atoms with Gasteiger partial charge in [0.1, 0.15) is 5.82 Å². The Morgan fingerprint density at radius 1 is 1.47 bits per heavy atom. The molecule has 17 heavy (non-hydrogen) atoms. The first-order valence-corrected chi connectivity index (χ1v) is 6.19. The number of rotatable bonds is 6. The fraction of sp³-hybridized carbons (Fsp3) is 0.538. The minimum Gasteiger partial charge on any atom is -0.396 e. The van der Waals surface area contributed by atoms with Gasteiger partial charge in [-0.3, -0.25) is 0 Å². The zero-order valence-electron chi connectivity index (χ0n) is 10.3. The topological polar surface area (TPSA) is 32.3 Å². The lowest BCUT2D eigenvalue weighted by Gasteiger charge is -2.29. The van der Waals surface area contributed by atoms with Crippen LogP contribution in [0.5, 0.6) is 0 Å². The molecule has 0 fully saturated rings. The van der Waals surface area contributed by atoms with Gasteiger partial charge in [-0.1, -0.05) is 24.6 Å². The van der Waals surface area contributed by atoms with Crippen LogP contribution >= 0.6 is 11.6 Å². The maximum Gasteiger partial charge on any atom is 0.129 e. The average molecular weight is 260 g/mol. The number of nitrogens with one attached hydrogen (secondary N) is 1. The van der Waals surface area contributed by atoms with Crippen LogP contribution in [0.4, 0.5) is 4.39 Å². The lowest BCUT2D eigenvalue weighted by molar-refractivity contribution is 0.214. The van der Waals surface area contributed by atoms with Gasteiger partial charge >= 0.3 is 0 Å². The Hall–Kier alpha value is -0.640. The predicted octanol–water partition coefficient (Wildman–Crippen LogP) is 3.12. The summed E-state index contributed by atoms with van der Waals surface area (Å²) < 4.78 is 13.5. The molecule has 0 aliphatic carbocycles. The maximum atomic E-state index is 13.5. The molecular weight excluding hydrogens is 241 g/mol. The number of benzene rings is 1. The molecule has 1 aromatic carbocycles. The molecule has 96 valence electrons. The van der Waals surface area contributed by atoms with Crippen LogP contribution < -0.4 is 5.32 Å². The van der Waals surface area contributed by atoms with Crippen molar-refractivity contribution in [2.45, 2.75) is 38.8 Å². The minimum absolute atomic E-state index is 0.113. The van der Waals surface area contributed by atoms with Crippen molar-refractivity contribution in [2.75, 3.05) is 6.61 Å². The summed E-state index contributed by atoms with van der Waals surface area (Å²) in [5.41, 5.74) is 0.284. The zero-order chi connectivity index (χ0) is 12.9. The van der Waals surface area contributed by atoms with Gasteiger partial charge in [0.2, 0.25) is 0 Å². The van der Waals surface area contributed by atoms with Crippen LogP contribution in [0.2, 0.25) is 5.02 Å². The normalized spacial score (nSPS) is 14.6. The highest BCUT2D eigenvalue weighted by atomic mass is 35.5. The van der Waals surface area contributed by atoms with Crippen molar-refractivity contribution in [3.05, 3.63) is 34.6 Å². The molecule has 0 saturated carbocycles. The Kier molecular flexibility index (Phi) is 5.37. The lowest BCUT2D eigenvalue weighted by atomic mass is 9.94. The highest BCUT2D eigenvalue weighted by Gasteiger charge is 2.21. The van der Waals surface area contributed by atoms with E-state index in [1.54, 1.807) is 12.1 Å². The molecule has 4 heteroatoms. The fourth-order valence-corrected chi connectivity index (χ4v) is 1.87. The molecule has 0 spiro atoms. The second kappa shape index (κ2) is 6.34. The molecule has 2 nitrogen and oxygen atoms in total. The summed E-state index contributed by atoms with van der Waals surface area (Å²) in [6.07, 6.45) is 1.50. The SMILES string of the molecule is CCC(C)(CCO)NCc1c(F)cccc1Cl. The highest BCUT2D eigenvalue weighted by Crippen LogP contribution is 2.21. The monoisotopic (exact) mass is 259 g/mol. The standard InChI is InChI=1S/C13H19ClFNO/c1-3-13(2,7-8-17)16-9-10-11(14)5-4-6-12(10)15/h4-6,16-17H,3,7-9H2,1-2H3. The van der Waals surface area contributed by atoms with E-state index in [-0.39, 0.29) is 18.0 Å². The first kappa shape index (κ1) is 14.4. The van der Waals surface area contributed by atoms with Gasteiger partial charge in [0.15, 0.2) is 0 Å². The summed E-state index contributed by atoms with van der Waals surface area (Å²) in [6.45, 7) is 4.53. The van der Waals surface area contributed by atoms with Crippen LogP contribution in [0.15, 0.2) is 18.2 Å². The van der Waals surface area contributed by atoms with Crippen molar-refractivity contribution >= 4 is 11.6 Å². The third-order valence-electron chi connectivity index (χ3n) is 3.20. The van der Waals surface area contributed by atoms with Gasteiger partial charge in [0.05, 0.1) is 0 Å². The molecule has 1 rings (SSSR count). The number of aliphatic hydroxyl groups is 1. The molecule has 2 N–H and O–H groups in total. The van der Waals surface area contributed by atoms with Crippen LogP contribution in [0, 0.1) is 5.82 Å². The van der Waals surface area contributed by atoms with Crippen LogP contribution in [0.25, 0.3) is 0 Å². The molecule has 0 aliphatic heterocycles. The third kappa shape index (κ3) is 3.95. The summed E-state index contributed by atoms with van der Waals surface area (Å²) in [4.78, 5) is 0. The van der Waals surface area contributed by atoms with Crippen LogP contribution in [0.3, 0.4) is 0 Å². The van der Waals surface area contributed by atoms with Crippen molar-refractivity contribution in [2.24, 2.45) is 0 Å². The van der Waals surface area contributed by atoms with Gasteiger partial charge in [-0.15, -0.1) is 0 Å². The number of hydrogen-bond donors (Lipinski definition) is 2. The first-order chi connectivity index (χ1) is 8.02. The molecular formula is C13H19ClFNO. The summed E-state index contributed by atoms with van der Waals surface area (Å²) in [7, 11) is 0. The molecule has 0 heterocycles. The molecule has 0 bridgehead atoms. The smallest absolute Gasteiger partial charge is 0.129 e. The van der Waals surface area contributed by atoms with E-state index in [1.165, 1.54) is 6.07 Å². The van der Waals surface area contributed by atoms with Gasteiger partial charge in [0.25, 0.3) is 0 Å². The molecule has 0 aromatic heterocycles. The second-order valence-electron chi connectivity index (χ2n) is 4.44. The van der Waals surface area contributed by atoms with Crippen LogP contribution in [0.1, 0.15) is 32.3 Å². The van der Waals surface area contributed by atoms with Crippen molar-refractivity contribution in [1.29, 1.82) is 0 Å². The third-order valence-corrected chi connectivity index (χ3v) is 3.55. The van der Waals surface area contributed by atoms with Gasteiger partial charge in [0, 0.05) is 29.3 Å². The fourth-order valence-electron chi connectivity index (χ4n) is 1.64. The largest absolute Gasteiger partial charge is 0.396 e. The van der Waals surface area contributed by atoms with Crippen molar-refractivity contribution in [3.8, 4) is 0 Å². The van der Waals surface area contributed by atoms with Crippen molar-refractivity contribution in [3.63, 3.8) is 0 Å². The van der Waals surface area contributed by atoms with E-state index in [1.807, 2.05) is 13.8 Å². The zero-order valence-corrected chi connectivity index (χ0v) is 11.0. The summed E-state index contributed by atoms with van der Waals surface area (Å²) in [6, 6.07) is 4.67. The predicted molar refractivity (Wildman–Crippen MR) is 68.6 cm³/mol. The number of hydrogen-bond acceptors (Lipinski definition) is 2. The Morgan fingerprint density at radius 3 is 2.71 bits per heavy atom. The molecule has 1 atom stereocenters. The summed E-state index contributed by atoms with van der Waals surface area (Å²) >= 11 is 5.95. The molecule has 0 radical (unpaired) electrons. The Balaban J connectivity index is 2.72. The van der Waals surface area contributed by atoms with Crippen LogP contribution in [-0.4, -0.2) is 17.3 Å². The summed E-state index contributed by atoms with van der Waals surface area (Å²) in [5, 5.41) is 12.7. The highest BCUT2D eigenvalue weighted by molar-refractivity contribution is 6.31. The van der Waals surface area contributed by atoms with Gasteiger partial charge in [-0.05, 0) is 31.9 Å². The minimum atomic E-state index is -0.299. The van der Waals surface area contributed by atoms with E-state index in [9.17, 15) is 4.39 Å². The van der Waals surface area contributed by atoms with Crippen molar-refractivity contribution in [1.82, 2.24) is 5.32 Å². The average Bonchev–Trinajstić information content (AvgIpc) is 2.29. The molecule has 0 amide bonds. The Labute approximate surface area is 107 Å². The molecule has 1 unspecified atom stereocenters. The second-order valence-corrected chi connectivity index (χ2v) is 4.85. The van der Waals surface area contributed by atoms with E-state index in [4.69, 9.17) is 16.7 Å². The Bertz CT molecular complexity index is 352. The van der Waals surface area contributed by atoms with Crippen LogP contribution in [-0.2, 0) is 6.54 Å². The van der Waals surface area contributed by atoms with Gasteiger partial charge in [-0.2, -0.15) is 0 Å². The van der Waals surface area contributed by atoms with E-state index in [2.05, 4.69) is 5.32 Å². The number of aliphatic hydroxyl groups excluding tert-OH is 1. The quantitative estimate of drug-likeness (QED) is 0.823. The first-order valence-electron chi connectivity index (χ1n) is 5.81. The molecule has 0 aliphatic rings. The van der Waals surface area contributed by atoms with E-state index in [0.717, 1.165) is 6.42 Å². The van der Waals surface area contributed by atoms with E-state index in [0.29, 0.717) is 23.6 Å². The van der Waals surface area contributed by atoms with E-state index >= 15 is 0 Å². The summed E-state index contributed by atoms with van der Waals surface area (Å²) in [5.74, 6) is -0.299. The van der Waals surface area contributed by atoms with Crippen molar-refractivity contribution < 1.29 is 9.50 Å². The molecule has 0 saturated heterocycles. The van der Waals surface area contributed by atoms with E-state index < -0.39 is 0 Å². The Morgan fingerprint density at radius 2 is 2.18 bits per heavy atom. The lowest BCUT2D eigenvalue weighted by Crippen LogP contribution is -2.42.